The second-order valence-electron chi connectivity index (χ2n) is 6.04. The highest BCUT2D eigenvalue weighted by molar-refractivity contribution is 5.68. The van der Waals surface area contributed by atoms with E-state index in [1.807, 2.05) is 19.1 Å². The Kier molecular flexibility index (Phi) is 3.00. The van der Waals surface area contributed by atoms with Crippen molar-refractivity contribution in [2.45, 2.75) is 57.0 Å². The topological polar surface area (TPSA) is 46.5 Å². The van der Waals surface area contributed by atoms with E-state index in [2.05, 4.69) is 6.07 Å². The Bertz CT molecular complexity index is 501. The average molecular weight is 260 g/mol. The molecule has 3 nitrogen and oxygen atoms in total. The number of carboxylic acids is 1. The molecule has 0 amide bonds. The summed E-state index contributed by atoms with van der Waals surface area (Å²) in [6.07, 6.45) is 6.01. The maximum atomic E-state index is 10.8. The Labute approximate surface area is 113 Å². The molecule has 1 N–H and O–H groups in total. The lowest BCUT2D eigenvalue weighted by Crippen LogP contribution is -2.29. The quantitative estimate of drug-likeness (QED) is 0.904. The summed E-state index contributed by atoms with van der Waals surface area (Å²) in [6, 6.07) is 6.19. The van der Waals surface area contributed by atoms with Gasteiger partial charge in [-0.05, 0) is 48.8 Å². The summed E-state index contributed by atoms with van der Waals surface area (Å²) in [5, 5.41) is 8.88. The van der Waals surface area contributed by atoms with Crippen LogP contribution in [0.1, 0.15) is 56.1 Å². The number of aliphatic carboxylic acids is 1. The van der Waals surface area contributed by atoms with Crippen LogP contribution >= 0.6 is 0 Å². The van der Waals surface area contributed by atoms with Gasteiger partial charge in [0.1, 0.15) is 11.4 Å². The third kappa shape index (κ3) is 2.34. The van der Waals surface area contributed by atoms with E-state index < -0.39 is 5.97 Å². The van der Waals surface area contributed by atoms with E-state index in [0.29, 0.717) is 0 Å². The van der Waals surface area contributed by atoms with Gasteiger partial charge in [0.15, 0.2) is 0 Å². The van der Waals surface area contributed by atoms with Gasteiger partial charge >= 0.3 is 5.97 Å². The lowest BCUT2D eigenvalue weighted by atomic mass is 9.92. The van der Waals surface area contributed by atoms with Crippen molar-refractivity contribution < 1.29 is 14.6 Å². The molecule has 1 aromatic rings. The molecule has 0 bridgehead atoms. The lowest BCUT2D eigenvalue weighted by Gasteiger charge is -2.22. The Balaban J connectivity index is 1.81. The van der Waals surface area contributed by atoms with Gasteiger partial charge in [0.05, 0.1) is 6.42 Å². The fourth-order valence-electron chi connectivity index (χ4n) is 3.44. The van der Waals surface area contributed by atoms with Crippen LogP contribution in [0.5, 0.6) is 5.75 Å². The molecule has 1 unspecified atom stereocenters. The van der Waals surface area contributed by atoms with Crippen LogP contribution in [0, 0.1) is 0 Å². The fourth-order valence-corrected chi connectivity index (χ4v) is 3.44. The van der Waals surface area contributed by atoms with E-state index in [9.17, 15) is 4.79 Å². The molecule has 3 heteroatoms. The van der Waals surface area contributed by atoms with E-state index in [-0.39, 0.29) is 17.9 Å². The molecule has 1 aromatic carbocycles. The first-order valence-electron chi connectivity index (χ1n) is 7.12. The van der Waals surface area contributed by atoms with Gasteiger partial charge in [0.25, 0.3) is 0 Å². The van der Waals surface area contributed by atoms with Crippen LogP contribution in [0.4, 0.5) is 0 Å². The summed E-state index contributed by atoms with van der Waals surface area (Å²) in [6.45, 7) is 1.97. The zero-order chi connectivity index (χ0) is 13.5. The van der Waals surface area contributed by atoms with Crippen molar-refractivity contribution >= 4 is 5.97 Å². The molecular formula is C16H20O3. The van der Waals surface area contributed by atoms with E-state index >= 15 is 0 Å². The van der Waals surface area contributed by atoms with E-state index in [0.717, 1.165) is 30.6 Å². The van der Waals surface area contributed by atoms with E-state index in [1.54, 1.807) is 0 Å². The first-order chi connectivity index (χ1) is 9.08. The molecule has 0 radical (unpaired) electrons. The second-order valence-corrected chi connectivity index (χ2v) is 6.04. The summed E-state index contributed by atoms with van der Waals surface area (Å²) in [5.41, 5.74) is 2.42. The number of carboxylic acid groups (broad SMARTS) is 1. The highest BCUT2D eigenvalue weighted by Crippen LogP contribution is 2.45. The van der Waals surface area contributed by atoms with Crippen LogP contribution in [-0.2, 0) is 11.2 Å². The zero-order valence-corrected chi connectivity index (χ0v) is 11.3. The summed E-state index contributed by atoms with van der Waals surface area (Å²) in [4.78, 5) is 10.8. The summed E-state index contributed by atoms with van der Waals surface area (Å²) in [5.74, 6) is 0.326. The van der Waals surface area contributed by atoms with Crippen molar-refractivity contribution in [2.75, 3.05) is 0 Å². The lowest BCUT2D eigenvalue weighted by molar-refractivity contribution is -0.137. The van der Waals surface area contributed by atoms with Crippen LogP contribution < -0.4 is 4.74 Å². The number of fused-ring (bicyclic) bond motifs is 1. The van der Waals surface area contributed by atoms with Gasteiger partial charge in [-0.1, -0.05) is 19.1 Å². The normalized spacial score (nSPS) is 21.1. The van der Waals surface area contributed by atoms with Crippen LogP contribution in [0.3, 0.4) is 0 Å². The van der Waals surface area contributed by atoms with Crippen LogP contribution in [0.2, 0.25) is 0 Å². The number of carbonyl (C=O) groups is 1. The van der Waals surface area contributed by atoms with E-state index in [1.165, 1.54) is 18.4 Å². The van der Waals surface area contributed by atoms with Gasteiger partial charge in [-0.3, -0.25) is 4.79 Å². The van der Waals surface area contributed by atoms with Crippen LogP contribution in [-0.4, -0.2) is 16.7 Å². The number of rotatable bonds is 3. The molecule has 2 aliphatic rings. The molecule has 1 fully saturated rings. The van der Waals surface area contributed by atoms with Crippen molar-refractivity contribution in [1.82, 2.24) is 0 Å². The zero-order valence-electron chi connectivity index (χ0n) is 11.3. The fraction of sp³-hybridized carbons (Fsp3) is 0.562. The maximum absolute atomic E-state index is 10.8. The van der Waals surface area contributed by atoms with Crippen molar-refractivity contribution in [3.05, 3.63) is 29.3 Å². The largest absolute Gasteiger partial charge is 0.487 e. The molecule has 1 aliphatic heterocycles. The molecule has 1 saturated carbocycles. The van der Waals surface area contributed by atoms with E-state index in [4.69, 9.17) is 9.84 Å². The standard InChI is InChI=1S/C16H20O3/c1-11(8-15(17)18)12-4-5-14-13(9-12)10-16(19-14)6-2-3-7-16/h4-5,9,11H,2-3,6-8,10H2,1H3,(H,17,18). The number of ether oxygens (including phenoxy) is 1. The SMILES string of the molecule is CC(CC(=O)O)c1ccc2c(c1)CC1(CCCC1)O2. The molecule has 1 spiro atoms. The Hall–Kier alpha value is -1.51. The van der Waals surface area contributed by atoms with Crippen molar-refractivity contribution in [3.63, 3.8) is 0 Å². The van der Waals surface area contributed by atoms with Crippen LogP contribution in [0.15, 0.2) is 18.2 Å². The van der Waals surface area contributed by atoms with Gasteiger partial charge in [-0.15, -0.1) is 0 Å². The Morgan fingerprint density at radius 2 is 2.16 bits per heavy atom. The molecule has 0 aromatic heterocycles. The molecule has 19 heavy (non-hydrogen) atoms. The third-order valence-corrected chi connectivity index (χ3v) is 4.49. The summed E-state index contributed by atoms with van der Waals surface area (Å²) in [7, 11) is 0. The van der Waals surface area contributed by atoms with Gasteiger partial charge < -0.3 is 9.84 Å². The molecule has 0 saturated heterocycles. The smallest absolute Gasteiger partial charge is 0.303 e. The number of benzene rings is 1. The van der Waals surface area contributed by atoms with Gasteiger partial charge in [-0.25, -0.2) is 0 Å². The third-order valence-electron chi connectivity index (χ3n) is 4.49. The summed E-state index contributed by atoms with van der Waals surface area (Å²) >= 11 is 0. The van der Waals surface area contributed by atoms with Crippen molar-refractivity contribution in [3.8, 4) is 5.75 Å². The summed E-state index contributed by atoms with van der Waals surface area (Å²) < 4.78 is 6.15. The Morgan fingerprint density at radius 1 is 1.42 bits per heavy atom. The van der Waals surface area contributed by atoms with Gasteiger partial charge in [0.2, 0.25) is 0 Å². The van der Waals surface area contributed by atoms with Crippen molar-refractivity contribution in [1.29, 1.82) is 0 Å². The highest BCUT2D eigenvalue weighted by Gasteiger charge is 2.41. The second kappa shape index (κ2) is 4.55. The molecule has 1 heterocycles. The molecule has 102 valence electrons. The highest BCUT2D eigenvalue weighted by atomic mass is 16.5. The van der Waals surface area contributed by atoms with Crippen molar-refractivity contribution in [2.24, 2.45) is 0 Å². The minimum Gasteiger partial charge on any atom is -0.487 e. The minimum atomic E-state index is -0.739. The number of hydrogen-bond donors (Lipinski definition) is 1. The molecule has 1 atom stereocenters. The first kappa shape index (κ1) is 12.5. The monoisotopic (exact) mass is 260 g/mol. The molecule has 1 aliphatic carbocycles. The van der Waals surface area contributed by atoms with Gasteiger partial charge in [-0.2, -0.15) is 0 Å². The molecular weight excluding hydrogens is 240 g/mol. The minimum absolute atomic E-state index is 0.0526. The molecule has 3 rings (SSSR count). The Morgan fingerprint density at radius 3 is 2.84 bits per heavy atom. The average Bonchev–Trinajstić information content (AvgIpc) is 2.94. The predicted octanol–water partition coefficient (Wildman–Crippen LogP) is 3.51. The maximum Gasteiger partial charge on any atom is 0.303 e. The number of hydrogen-bond acceptors (Lipinski definition) is 2. The predicted molar refractivity (Wildman–Crippen MR) is 72.6 cm³/mol. The van der Waals surface area contributed by atoms with Crippen LogP contribution in [0.25, 0.3) is 0 Å². The first-order valence-corrected chi connectivity index (χ1v) is 7.12. The van der Waals surface area contributed by atoms with Gasteiger partial charge in [0, 0.05) is 6.42 Å².